The Labute approximate surface area is 125 Å². The summed E-state index contributed by atoms with van der Waals surface area (Å²) in [5, 5.41) is 4.03. The van der Waals surface area contributed by atoms with Crippen LogP contribution in [0.1, 0.15) is 50.8 Å². The summed E-state index contributed by atoms with van der Waals surface area (Å²) in [5.74, 6) is 0.125. The molecule has 112 valence electrons. The van der Waals surface area contributed by atoms with E-state index in [0.29, 0.717) is 5.69 Å². The topological polar surface area (TPSA) is 46.3 Å². The molecule has 0 spiro atoms. The first-order valence-electron chi connectivity index (χ1n) is 7.33. The van der Waals surface area contributed by atoms with Crippen LogP contribution in [0, 0.1) is 12.3 Å². The van der Waals surface area contributed by atoms with Crippen molar-refractivity contribution in [3.05, 3.63) is 16.5 Å². The molecule has 2 rings (SSSR count). The molecule has 5 heteroatoms. The molecule has 1 saturated heterocycles. The third-order valence-electron chi connectivity index (χ3n) is 4.25. The Morgan fingerprint density at radius 2 is 2.30 bits per heavy atom. The van der Waals surface area contributed by atoms with E-state index in [0.717, 1.165) is 31.5 Å². The fourth-order valence-corrected chi connectivity index (χ4v) is 3.40. The molecule has 1 atom stereocenters. The second-order valence-electron chi connectivity index (χ2n) is 6.18. The van der Waals surface area contributed by atoms with Crippen LogP contribution in [0.15, 0.2) is 4.52 Å². The molecule has 0 radical (unpaired) electrons. The summed E-state index contributed by atoms with van der Waals surface area (Å²) in [7, 11) is 0. The van der Waals surface area contributed by atoms with Gasteiger partial charge in [-0.15, -0.1) is 0 Å². The standard InChI is InChI=1S/C15H23ClN2O2/c1-4-6-15(3)7-5-8-18(10-15)13(19)9-12-11(2)17-20-14(12)16/h4-10H2,1-3H3. The molecule has 0 aliphatic carbocycles. The molecule has 4 nitrogen and oxygen atoms in total. The highest BCUT2D eigenvalue weighted by Crippen LogP contribution is 2.34. The van der Waals surface area contributed by atoms with Crippen molar-refractivity contribution in [1.29, 1.82) is 0 Å². The molecule has 0 aromatic carbocycles. The van der Waals surface area contributed by atoms with Gasteiger partial charge < -0.3 is 9.42 Å². The van der Waals surface area contributed by atoms with Gasteiger partial charge in [0.25, 0.3) is 0 Å². The molecule has 1 fully saturated rings. The van der Waals surface area contributed by atoms with Gasteiger partial charge >= 0.3 is 0 Å². The summed E-state index contributed by atoms with van der Waals surface area (Å²) >= 11 is 5.93. The number of aromatic nitrogens is 1. The highest BCUT2D eigenvalue weighted by molar-refractivity contribution is 6.29. The van der Waals surface area contributed by atoms with Crippen molar-refractivity contribution >= 4 is 17.5 Å². The Kier molecular flexibility index (Phi) is 4.74. The zero-order valence-electron chi connectivity index (χ0n) is 12.5. The minimum absolute atomic E-state index is 0.125. The molecule has 0 bridgehead atoms. The van der Waals surface area contributed by atoms with Gasteiger partial charge in [-0.05, 0) is 43.2 Å². The quantitative estimate of drug-likeness (QED) is 0.853. The molecule has 0 N–H and O–H groups in total. The zero-order valence-corrected chi connectivity index (χ0v) is 13.3. The summed E-state index contributed by atoms with van der Waals surface area (Å²) in [6, 6.07) is 0. The van der Waals surface area contributed by atoms with Gasteiger partial charge in [-0.1, -0.05) is 25.4 Å². The maximum absolute atomic E-state index is 12.5. The van der Waals surface area contributed by atoms with Crippen LogP contribution in [0.4, 0.5) is 0 Å². The van der Waals surface area contributed by atoms with Crippen molar-refractivity contribution < 1.29 is 9.32 Å². The third kappa shape index (κ3) is 3.35. The molecule has 1 unspecified atom stereocenters. The minimum atomic E-state index is 0.125. The molecule has 1 aromatic heterocycles. The fraction of sp³-hybridized carbons (Fsp3) is 0.733. The van der Waals surface area contributed by atoms with E-state index in [-0.39, 0.29) is 23.0 Å². The third-order valence-corrected chi connectivity index (χ3v) is 4.55. The molecular weight excluding hydrogens is 276 g/mol. The monoisotopic (exact) mass is 298 g/mol. The van der Waals surface area contributed by atoms with Gasteiger partial charge in [0.15, 0.2) is 0 Å². The van der Waals surface area contributed by atoms with E-state index in [2.05, 4.69) is 19.0 Å². The van der Waals surface area contributed by atoms with Crippen molar-refractivity contribution in [2.45, 2.75) is 52.9 Å². The van der Waals surface area contributed by atoms with Crippen LogP contribution in [-0.2, 0) is 11.2 Å². The molecule has 2 heterocycles. The number of hydrogen-bond donors (Lipinski definition) is 0. The lowest BCUT2D eigenvalue weighted by molar-refractivity contribution is -0.133. The van der Waals surface area contributed by atoms with Gasteiger partial charge in [0.1, 0.15) is 0 Å². The number of carbonyl (C=O) groups is 1. The van der Waals surface area contributed by atoms with E-state index in [1.807, 2.05) is 11.8 Å². The van der Waals surface area contributed by atoms with E-state index in [1.54, 1.807) is 0 Å². The Bertz CT molecular complexity index is 463. The first-order chi connectivity index (χ1) is 9.45. The average Bonchev–Trinajstić information content (AvgIpc) is 2.70. The van der Waals surface area contributed by atoms with E-state index < -0.39 is 0 Å². The predicted molar refractivity (Wildman–Crippen MR) is 78.8 cm³/mol. The molecular formula is C15H23ClN2O2. The minimum Gasteiger partial charge on any atom is -0.344 e. The number of likely N-dealkylation sites (tertiary alicyclic amines) is 1. The molecule has 20 heavy (non-hydrogen) atoms. The van der Waals surface area contributed by atoms with Gasteiger partial charge in [0.05, 0.1) is 12.1 Å². The summed E-state index contributed by atoms with van der Waals surface area (Å²) in [4.78, 5) is 14.4. The van der Waals surface area contributed by atoms with Gasteiger partial charge in [0, 0.05) is 18.7 Å². The highest BCUT2D eigenvalue weighted by Gasteiger charge is 2.32. The van der Waals surface area contributed by atoms with Gasteiger partial charge in [-0.3, -0.25) is 4.79 Å². The maximum Gasteiger partial charge on any atom is 0.229 e. The SMILES string of the molecule is CCCC1(C)CCCN(C(=O)Cc2c(C)noc2Cl)C1. The summed E-state index contributed by atoms with van der Waals surface area (Å²) < 4.78 is 4.91. The van der Waals surface area contributed by atoms with E-state index >= 15 is 0 Å². The van der Waals surface area contributed by atoms with Crippen molar-refractivity contribution in [2.75, 3.05) is 13.1 Å². The van der Waals surface area contributed by atoms with E-state index in [1.165, 1.54) is 12.8 Å². The average molecular weight is 299 g/mol. The van der Waals surface area contributed by atoms with Crippen LogP contribution in [-0.4, -0.2) is 29.1 Å². The lowest BCUT2D eigenvalue weighted by atomic mass is 9.78. The van der Waals surface area contributed by atoms with Crippen LogP contribution in [0.5, 0.6) is 0 Å². The number of carbonyl (C=O) groups excluding carboxylic acids is 1. The first kappa shape index (κ1) is 15.4. The van der Waals surface area contributed by atoms with E-state index in [9.17, 15) is 4.79 Å². The number of amides is 1. The maximum atomic E-state index is 12.5. The fourth-order valence-electron chi connectivity index (χ4n) is 3.16. The highest BCUT2D eigenvalue weighted by atomic mass is 35.5. The summed E-state index contributed by atoms with van der Waals surface area (Å²) in [5.41, 5.74) is 1.69. The van der Waals surface area contributed by atoms with Crippen LogP contribution in [0.3, 0.4) is 0 Å². The van der Waals surface area contributed by atoms with Gasteiger partial charge in [-0.2, -0.15) is 0 Å². The van der Waals surface area contributed by atoms with Crippen LogP contribution >= 0.6 is 11.6 Å². The number of hydrogen-bond acceptors (Lipinski definition) is 3. The number of aryl methyl sites for hydroxylation is 1. The van der Waals surface area contributed by atoms with Crippen LogP contribution < -0.4 is 0 Å². The first-order valence-corrected chi connectivity index (χ1v) is 7.71. The normalized spacial score (nSPS) is 23.1. The van der Waals surface area contributed by atoms with Gasteiger partial charge in [-0.25, -0.2) is 0 Å². The summed E-state index contributed by atoms with van der Waals surface area (Å²) in [6.07, 6.45) is 4.91. The molecule has 1 amide bonds. The van der Waals surface area contributed by atoms with Crippen molar-refractivity contribution in [2.24, 2.45) is 5.41 Å². The number of piperidine rings is 1. The summed E-state index contributed by atoms with van der Waals surface area (Å²) in [6.45, 7) is 8.00. The van der Waals surface area contributed by atoms with E-state index in [4.69, 9.17) is 16.1 Å². The lowest BCUT2D eigenvalue weighted by Gasteiger charge is -2.40. The second-order valence-corrected chi connectivity index (χ2v) is 6.52. The second kappa shape index (κ2) is 6.17. The zero-order chi connectivity index (χ0) is 14.8. The molecule has 1 aromatic rings. The predicted octanol–water partition coefficient (Wildman–Crippen LogP) is 3.61. The molecule has 1 aliphatic rings. The van der Waals surface area contributed by atoms with Crippen LogP contribution in [0.25, 0.3) is 0 Å². The van der Waals surface area contributed by atoms with Crippen molar-refractivity contribution in [3.8, 4) is 0 Å². The number of nitrogens with zero attached hydrogens (tertiary/aromatic N) is 2. The van der Waals surface area contributed by atoms with Gasteiger partial charge in [0.2, 0.25) is 11.1 Å². The Morgan fingerprint density at radius 3 is 2.90 bits per heavy atom. The lowest BCUT2D eigenvalue weighted by Crippen LogP contribution is -2.45. The Hall–Kier alpha value is -1.03. The van der Waals surface area contributed by atoms with Crippen molar-refractivity contribution in [1.82, 2.24) is 10.1 Å². The Balaban J connectivity index is 2.02. The van der Waals surface area contributed by atoms with Crippen LogP contribution in [0.2, 0.25) is 5.22 Å². The Morgan fingerprint density at radius 1 is 1.55 bits per heavy atom. The number of halogens is 1. The molecule has 0 saturated carbocycles. The smallest absolute Gasteiger partial charge is 0.229 e. The van der Waals surface area contributed by atoms with Crippen molar-refractivity contribution in [3.63, 3.8) is 0 Å². The molecule has 1 aliphatic heterocycles. The number of rotatable bonds is 4. The largest absolute Gasteiger partial charge is 0.344 e.